The summed E-state index contributed by atoms with van der Waals surface area (Å²) in [5, 5.41) is 3.57. The van der Waals surface area contributed by atoms with E-state index in [2.05, 4.69) is 37.9 Å². The molecule has 2 nitrogen and oxygen atoms in total. The maximum atomic E-state index is 3.57. The molecule has 0 atom stereocenters. The molecule has 1 rings (SSSR count). The molecule has 18 heavy (non-hydrogen) atoms. The molecule has 1 fully saturated rings. The summed E-state index contributed by atoms with van der Waals surface area (Å²) in [4.78, 5) is 2.71. The standard InChI is InChI=1S/C16H34N2/c1-5-18(15-11-7-8-12-15)14-10-6-9-13-17-16(2,3)4/h15,17H,5-14H2,1-4H3. The summed E-state index contributed by atoms with van der Waals surface area (Å²) in [6.07, 6.45) is 9.86. The molecule has 0 bridgehead atoms. The Kier molecular flexibility index (Phi) is 7.25. The molecule has 1 aliphatic carbocycles. The molecule has 0 aromatic heterocycles. The van der Waals surface area contributed by atoms with E-state index in [1.54, 1.807) is 0 Å². The van der Waals surface area contributed by atoms with E-state index in [9.17, 15) is 0 Å². The summed E-state index contributed by atoms with van der Waals surface area (Å²) >= 11 is 0. The first-order valence-electron chi connectivity index (χ1n) is 8.02. The Hall–Kier alpha value is -0.0800. The predicted molar refractivity (Wildman–Crippen MR) is 81.1 cm³/mol. The second kappa shape index (κ2) is 8.16. The molecule has 108 valence electrons. The normalized spacial score (nSPS) is 17.8. The highest BCUT2D eigenvalue weighted by Crippen LogP contribution is 2.23. The molecule has 0 heterocycles. The third kappa shape index (κ3) is 6.75. The smallest absolute Gasteiger partial charge is 0.00965 e. The summed E-state index contributed by atoms with van der Waals surface area (Å²) in [6, 6.07) is 0.905. The van der Waals surface area contributed by atoms with Gasteiger partial charge in [-0.1, -0.05) is 26.2 Å². The first-order valence-corrected chi connectivity index (χ1v) is 8.02. The van der Waals surface area contributed by atoms with Gasteiger partial charge in [-0.2, -0.15) is 0 Å². The van der Waals surface area contributed by atoms with Crippen molar-refractivity contribution < 1.29 is 0 Å². The molecule has 0 amide bonds. The van der Waals surface area contributed by atoms with Crippen LogP contribution in [0.3, 0.4) is 0 Å². The van der Waals surface area contributed by atoms with E-state index in [-0.39, 0.29) is 5.54 Å². The maximum Gasteiger partial charge on any atom is 0.00965 e. The first-order chi connectivity index (χ1) is 8.53. The Bertz CT molecular complexity index is 202. The van der Waals surface area contributed by atoms with E-state index in [0.717, 1.165) is 6.04 Å². The third-order valence-electron chi connectivity index (χ3n) is 4.02. The minimum Gasteiger partial charge on any atom is -0.312 e. The van der Waals surface area contributed by atoms with Crippen LogP contribution in [-0.2, 0) is 0 Å². The zero-order valence-corrected chi connectivity index (χ0v) is 13.1. The highest BCUT2D eigenvalue weighted by Gasteiger charge is 2.20. The van der Waals surface area contributed by atoms with E-state index < -0.39 is 0 Å². The first kappa shape index (κ1) is 16.0. The highest BCUT2D eigenvalue weighted by molar-refractivity contribution is 4.76. The van der Waals surface area contributed by atoms with Crippen molar-refractivity contribution in [1.29, 1.82) is 0 Å². The van der Waals surface area contributed by atoms with Crippen molar-refractivity contribution in [3.63, 3.8) is 0 Å². The lowest BCUT2D eigenvalue weighted by Crippen LogP contribution is -2.36. The zero-order valence-electron chi connectivity index (χ0n) is 13.1. The SMILES string of the molecule is CCN(CCCCCNC(C)(C)C)C1CCCC1. The third-order valence-corrected chi connectivity index (χ3v) is 4.02. The van der Waals surface area contributed by atoms with Crippen LogP contribution in [0.25, 0.3) is 0 Å². The van der Waals surface area contributed by atoms with Crippen LogP contribution >= 0.6 is 0 Å². The second-order valence-electron chi connectivity index (χ2n) is 6.80. The molecule has 1 N–H and O–H groups in total. The van der Waals surface area contributed by atoms with E-state index in [0.29, 0.717) is 0 Å². The topological polar surface area (TPSA) is 15.3 Å². The molecule has 0 aromatic rings. The number of unbranched alkanes of at least 4 members (excludes halogenated alkanes) is 2. The van der Waals surface area contributed by atoms with Crippen molar-refractivity contribution in [3.8, 4) is 0 Å². The van der Waals surface area contributed by atoms with Crippen LogP contribution in [0.5, 0.6) is 0 Å². The van der Waals surface area contributed by atoms with Crippen molar-refractivity contribution in [2.45, 2.75) is 84.2 Å². The number of hydrogen-bond donors (Lipinski definition) is 1. The second-order valence-corrected chi connectivity index (χ2v) is 6.80. The molecule has 0 aromatic carbocycles. The van der Waals surface area contributed by atoms with Crippen LogP contribution in [0.4, 0.5) is 0 Å². The van der Waals surface area contributed by atoms with Gasteiger partial charge in [0.05, 0.1) is 0 Å². The Balaban J connectivity index is 2.02. The molecule has 0 saturated heterocycles. The fourth-order valence-electron chi connectivity index (χ4n) is 2.95. The average molecular weight is 254 g/mol. The summed E-state index contributed by atoms with van der Waals surface area (Å²) < 4.78 is 0. The zero-order chi connectivity index (χ0) is 13.4. The largest absolute Gasteiger partial charge is 0.312 e. The van der Waals surface area contributed by atoms with Crippen molar-refractivity contribution in [2.75, 3.05) is 19.6 Å². The lowest BCUT2D eigenvalue weighted by molar-refractivity contribution is 0.204. The van der Waals surface area contributed by atoms with Crippen molar-refractivity contribution in [3.05, 3.63) is 0 Å². The van der Waals surface area contributed by atoms with Gasteiger partial charge in [0.15, 0.2) is 0 Å². The number of nitrogens with zero attached hydrogens (tertiary/aromatic N) is 1. The van der Waals surface area contributed by atoms with Gasteiger partial charge in [0, 0.05) is 11.6 Å². The van der Waals surface area contributed by atoms with Gasteiger partial charge in [-0.3, -0.25) is 0 Å². The van der Waals surface area contributed by atoms with Gasteiger partial charge in [-0.05, 0) is 66.1 Å². The van der Waals surface area contributed by atoms with Crippen molar-refractivity contribution in [1.82, 2.24) is 10.2 Å². The Morgan fingerprint density at radius 3 is 2.28 bits per heavy atom. The number of nitrogens with one attached hydrogen (secondary N) is 1. The average Bonchev–Trinajstić information content (AvgIpc) is 2.80. The van der Waals surface area contributed by atoms with Gasteiger partial charge in [0.1, 0.15) is 0 Å². The summed E-state index contributed by atoms with van der Waals surface area (Å²) in [7, 11) is 0. The van der Waals surface area contributed by atoms with Gasteiger partial charge in [0.25, 0.3) is 0 Å². The maximum absolute atomic E-state index is 3.57. The Labute approximate surface area is 115 Å². The van der Waals surface area contributed by atoms with Crippen LogP contribution in [0, 0.1) is 0 Å². The van der Waals surface area contributed by atoms with Gasteiger partial charge >= 0.3 is 0 Å². The molecule has 0 spiro atoms. The Morgan fingerprint density at radius 2 is 1.72 bits per heavy atom. The minimum atomic E-state index is 0.277. The van der Waals surface area contributed by atoms with Gasteiger partial charge < -0.3 is 10.2 Å². The van der Waals surface area contributed by atoms with Crippen LogP contribution in [0.2, 0.25) is 0 Å². The van der Waals surface area contributed by atoms with E-state index in [1.807, 2.05) is 0 Å². The molecule has 1 aliphatic rings. The van der Waals surface area contributed by atoms with Crippen LogP contribution in [0.15, 0.2) is 0 Å². The highest BCUT2D eigenvalue weighted by atomic mass is 15.1. The lowest BCUT2D eigenvalue weighted by atomic mass is 10.1. The summed E-state index contributed by atoms with van der Waals surface area (Å²) in [6.45, 7) is 12.8. The van der Waals surface area contributed by atoms with Gasteiger partial charge in [-0.25, -0.2) is 0 Å². The van der Waals surface area contributed by atoms with E-state index >= 15 is 0 Å². The molecule has 1 saturated carbocycles. The molecule has 0 aliphatic heterocycles. The molecule has 2 heteroatoms. The van der Waals surface area contributed by atoms with Crippen molar-refractivity contribution >= 4 is 0 Å². The summed E-state index contributed by atoms with van der Waals surface area (Å²) in [5.41, 5.74) is 0.277. The Morgan fingerprint density at radius 1 is 1.06 bits per heavy atom. The monoisotopic (exact) mass is 254 g/mol. The van der Waals surface area contributed by atoms with Crippen LogP contribution < -0.4 is 5.32 Å². The van der Waals surface area contributed by atoms with Crippen LogP contribution in [-0.4, -0.2) is 36.1 Å². The summed E-state index contributed by atoms with van der Waals surface area (Å²) in [5.74, 6) is 0. The van der Waals surface area contributed by atoms with Gasteiger partial charge in [0.2, 0.25) is 0 Å². The lowest BCUT2D eigenvalue weighted by Gasteiger charge is -2.27. The number of hydrogen-bond acceptors (Lipinski definition) is 2. The predicted octanol–water partition coefficient (Wildman–Crippen LogP) is 3.81. The van der Waals surface area contributed by atoms with Crippen LogP contribution in [0.1, 0.15) is 72.6 Å². The fraction of sp³-hybridized carbons (Fsp3) is 1.00. The van der Waals surface area contributed by atoms with Crippen molar-refractivity contribution in [2.24, 2.45) is 0 Å². The molecule has 0 unspecified atom stereocenters. The van der Waals surface area contributed by atoms with E-state index in [1.165, 1.54) is 64.6 Å². The molecular weight excluding hydrogens is 220 g/mol. The molecular formula is C16H34N2. The fourth-order valence-corrected chi connectivity index (χ4v) is 2.95. The van der Waals surface area contributed by atoms with E-state index in [4.69, 9.17) is 0 Å². The molecule has 0 radical (unpaired) electrons. The quantitative estimate of drug-likeness (QED) is 0.663. The van der Waals surface area contributed by atoms with Gasteiger partial charge in [-0.15, -0.1) is 0 Å². The number of rotatable bonds is 8. The minimum absolute atomic E-state index is 0.277.